The van der Waals surface area contributed by atoms with E-state index >= 15 is 0 Å². The second-order valence-corrected chi connectivity index (χ2v) is 10.4. The van der Waals surface area contributed by atoms with E-state index in [1.54, 1.807) is 0 Å². The van der Waals surface area contributed by atoms with E-state index in [1.807, 2.05) is 19.1 Å². The number of fused-ring (bicyclic) bond motifs is 1. The number of ether oxygens (including phenoxy) is 2. The van der Waals surface area contributed by atoms with Crippen molar-refractivity contribution in [2.75, 3.05) is 17.9 Å². The number of rotatable bonds is 5. The number of thiazole rings is 2. The molecule has 0 bridgehead atoms. The molecule has 1 aliphatic heterocycles. The Morgan fingerprint density at radius 3 is 2.81 bits per heavy atom. The fraction of sp³-hybridized carbons (Fsp3) is 0.333. The zero-order chi connectivity index (χ0) is 18.3. The maximum atomic E-state index is 12.7. The van der Waals surface area contributed by atoms with Gasteiger partial charge in [-0.15, -0.1) is 11.3 Å². The van der Waals surface area contributed by atoms with Crippen LogP contribution in [-0.4, -0.2) is 31.6 Å². The van der Waals surface area contributed by atoms with E-state index in [-0.39, 0.29) is 4.21 Å². The number of halogens is 1. The molecule has 0 atom stereocenters. The number of aryl methyl sites for hydroxylation is 1. The van der Waals surface area contributed by atoms with Gasteiger partial charge in [-0.2, -0.15) is 0 Å². The normalized spacial score (nSPS) is 15.8. The van der Waals surface area contributed by atoms with Crippen LogP contribution in [0.5, 0.6) is 0 Å². The van der Waals surface area contributed by atoms with Gasteiger partial charge in [-0.1, -0.05) is 34.2 Å². The van der Waals surface area contributed by atoms with Gasteiger partial charge < -0.3 is 9.47 Å². The van der Waals surface area contributed by atoms with Crippen molar-refractivity contribution in [1.29, 1.82) is 0 Å². The molecule has 1 aromatic carbocycles. The highest BCUT2D eigenvalue weighted by molar-refractivity contribution is 9.10. The van der Waals surface area contributed by atoms with Crippen LogP contribution in [0.4, 0.5) is 5.13 Å². The molecule has 3 heterocycles. The molecule has 7 nitrogen and oxygen atoms in total. The molecule has 2 aromatic heterocycles. The van der Waals surface area contributed by atoms with Crippen molar-refractivity contribution < 1.29 is 17.9 Å². The fourth-order valence-corrected chi connectivity index (χ4v) is 6.54. The van der Waals surface area contributed by atoms with E-state index in [2.05, 4.69) is 30.6 Å². The van der Waals surface area contributed by atoms with E-state index in [9.17, 15) is 8.42 Å². The number of hydrogen-bond acceptors (Lipinski definition) is 8. The van der Waals surface area contributed by atoms with Crippen molar-refractivity contribution in [2.45, 2.75) is 23.8 Å². The predicted octanol–water partition coefficient (Wildman–Crippen LogP) is 3.92. The third-order valence-corrected chi connectivity index (χ3v) is 8.06. The van der Waals surface area contributed by atoms with Gasteiger partial charge in [-0.25, -0.2) is 18.4 Å². The van der Waals surface area contributed by atoms with Crippen LogP contribution in [0.25, 0.3) is 10.2 Å². The summed E-state index contributed by atoms with van der Waals surface area (Å²) in [4.78, 5) is 8.58. The van der Waals surface area contributed by atoms with Gasteiger partial charge in [0.25, 0.3) is 10.0 Å². The summed E-state index contributed by atoms with van der Waals surface area (Å²) in [5.74, 6) is 0. The molecule has 0 aliphatic carbocycles. The second-order valence-electron chi connectivity index (χ2n) is 5.48. The molecule has 0 saturated carbocycles. The number of aromatic nitrogens is 2. The average Bonchev–Trinajstić information content (AvgIpc) is 3.32. The Morgan fingerprint density at radius 1 is 1.31 bits per heavy atom. The van der Waals surface area contributed by atoms with E-state index in [1.165, 1.54) is 17.5 Å². The minimum absolute atomic E-state index is 0.0998. The van der Waals surface area contributed by atoms with Crippen LogP contribution in [0.1, 0.15) is 23.8 Å². The van der Waals surface area contributed by atoms with Gasteiger partial charge in [0.1, 0.15) is 0 Å². The van der Waals surface area contributed by atoms with Crippen LogP contribution in [0.3, 0.4) is 0 Å². The Balaban J connectivity index is 1.62. The number of anilines is 1. The molecular weight excluding hydrogens is 462 g/mol. The third kappa shape index (κ3) is 3.51. The Bertz CT molecular complexity index is 1060. The van der Waals surface area contributed by atoms with Crippen LogP contribution >= 0.6 is 38.6 Å². The van der Waals surface area contributed by atoms with Crippen LogP contribution in [-0.2, 0) is 25.9 Å². The first-order valence-corrected chi connectivity index (χ1v) is 11.7. The minimum Gasteiger partial charge on any atom is -0.344 e. The highest BCUT2D eigenvalue weighted by Gasteiger charge is 2.26. The van der Waals surface area contributed by atoms with Crippen LogP contribution in [0.15, 0.2) is 27.0 Å². The van der Waals surface area contributed by atoms with Crippen molar-refractivity contribution in [3.63, 3.8) is 0 Å². The molecule has 4 rings (SSSR count). The van der Waals surface area contributed by atoms with Crippen molar-refractivity contribution in [1.82, 2.24) is 9.97 Å². The molecule has 0 unspecified atom stereocenters. The van der Waals surface area contributed by atoms with Crippen molar-refractivity contribution in [3.8, 4) is 0 Å². The molecular formula is C15H14BrN3O4S3. The van der Waals surface area contributed by atoms with Crippen LogP contribution in [0.2, 0.25) is 0 Å². The Kier molecular flexibility index (Phi) is 5.01. The second kappa shape index (κ2) is 7.13. The minimum atomic E-state index is -3.77. The quantitative estimate of drug-likeness (QED) is 0.601. The Hall–Kier alpha value is -1.11. The fourth-order valence-electron chi connectivity index (χ4n) is 2.55. The van der Waals surface area contributed by atoms with E-state index in [0.29, 0.717) is 23.4 Å². The third-order valence-electron chi connectivity index (χ3n) is 3.73. The molecule has 0 radical (unpaired) electrons. The molecule has 1 saturated heterocycles. The number of sulfonamides is 1. The first kappa shape index (κ1) is 18.3. The van der Waals surface area contributed by atoms with Crippen molar-refractivity contribution >= 4 is 64.0 Å². The average molecular weight is 476 g/mol. The van der Waals surface area contributed by atoms with Gasteiger partial charge in [0.05, 0.1) is 29.6 Å². The summed E-state index contributed by atoms with van der Waals surface area (Å²) < 4.78 is 40.6. The van der Waals surface area contributed by atoms with Crippen LogP contribution < -0.4 is 4.72 Å². The summed E-state index contributed by atoms with van der Waals surface area (Å²) in [5.41, 5.74) is 1.88. The van der Waals surface area contributed by atoms with Gasteiger partial charge in [-0.3, -0.25) is 4.72 Å². The first-order chi connectivity index (χ1) is 12.5. The monoisotopic (exact) mass is 475 g/mol. The lowest BCUT2D eigenvalue weighted by molar-refractivity contribution is -0.0442. The van der Waals surface area contributed by atoms with E-state index in [0.717, 1.165) is 38.0 Å². The smallest absolute Gasteiger partial charge is 0.274 e. The Morgan fingerprint density at radius 2 is 2.08 bits per heavy atom. The lowest BCUT2D eigenvalue weighted by Crippen LogP contribution is -2.11. The number of hydrogen-bond donors (Lipinski definition) is 1. The largest absolute Gasteiger partial charge is 0.344 e. The SMILES string of the molecule is CCc1cc(Br)cc2sc(NS(=O)(=O)c3cnc(C4OCCO4)s3)nc12. The topological polar surface area (TPSA) is 90.4 Å². The Labute approximate surface area is 166 Å². The number of nitrogens with zero attached hydrogens (tertiary/aromatic N) is 2. The number of nitrogens with one attached hydrogen (secondary N) is 1. The molecule has 1 fully saturated rings. The summed E-state index contributed by atoms with van der Waals surface area (Å²) in [7, 11) is -3.77. The summed E-state index contributed by atoms with van der Waals surface area (Å²) in [6, 6.07) is 3.93. The summed E-state index contributed by atoms with van der Waals surface area (Å²) in [6.07, 6.45) is 1.54. The molecule has 138 valence electrons. The van der Waals surface area contributed by atoms with Crippen molar-refractivity contribution in [3.05, 3.63) is 33.4 Å². The van der Waals surface area contributed by atoms with Crippen molar-refractivity contribution in [2.24, 2.45) is 0 Å². The zero-order valence-electron chi connectivity index (χ0n) is 13.6. The van der Waals surface area contributed by atoms with Gasteiger partial charge in [-0.05, 0) is 24.1 Å². The molecule has 0 spiro atoms. The van der Waals surface area contributed by atoms with Gasteiger partial charge in [0.2, 0.25) is 6.29 Å². The van der Waals surface area contributed by atoms with Gasteiger partial charge in [0, 0.05) is 4.47 Å². The van der Waals surface area contributed by atoms with E-state index in [4.69, 9.17) is 9.47 Å². The highest BCUT2D eigenvalue weighted by Crippen LogP contribution is 2.34. The van der Waals surface area contributed by atoms with Crippen LogP contribution in [0, 0.1) is 0 Å². The lowest BCUT2D eigenvalue weighted by Gasteiger charge is -2.03. The maximum Gasteiger partial charge on any atom is 0.274 e. The number of benzene rings is 1. The summed E-state index contributed by atoms with van der Waals surface area (Å²) in [5, 5.41) is 0.820. The molecule has 0 amide bonds. The van der Waals surface area contributed by atoms with Gasteiger partial charge in [0.15, 0.2) is 14.3 Å². The van der Waals surface area contributed by atoms with Gasteiger partial charge >= 0.3 is 0 Å². The first-order valence-electron chi connectivity index (χ1n) is 7.77. The van der Waals surface area contributed by atoms with E-state index < -0.39 is 16.3 Å². The predicted molar refractivity (Wildman–Crippen MR) is 104 cm³/mol. The standard InChI is InChI=1S/C15H14BrN3O4S3/c1-2-8-5-9(16)6-10-12(8)18-15(24-10)19-26(20,21)11-7-17-13(25-11)14-22-3-4-23-14/h5-7,14H,2-4H2,1H3,(H,18,19). The summed E-state index contributed by atoms with van der Waals surface area (Å²) >= 11 is 5.81. The zero-order valence-corrected chi connectivity index (χ0v) is 17.6. The molecule has 1 aliphatic rings. The maximum absolute atomic E-state index is 12.7. The summed E-state index contributed by atoms with van der Waals surface area (Å²) in [6.45, 7) is 2.99. The molecule has 3 aromatic rings. The highest BCUT2D eigenvalue weighted by atomic mass is 79.9. The molecule has 26 heavy (non-hydrogen) atoms. The lowest BCUT2D eigenvalue weighted by atomic mass is 10.1. The molecule has 1 N–H and O–H groups in total. The molecule has 11 heteroatoms.